The van der Waals surface area contributed by atoms with Crippen LogP contribution in [0.3, 0.4) is 0 Å². The van der Waals surface area contributed by atoms with Crippen molar-refractivity contribution in [3.63, 3.8) is 0 Å². The average molecular weight is 1020 g/mol. The Morgan fingerprint density at radius 2 is 1.43 bits per heavy atom. The van der Waals surface area contributed by atoms with Crippen LogP contribution in [0, 0.1) is 23.6 Å². The maximum Gasteiger partial charge on any atom is 0.303 e. The van der Waals surface area contributed by atoms with Crippen molar-refractivity contribution < 1.29 is 66.3 Å². The van der Waals surface area contributed by atoms with E-state index in [0.717, 1.165) is 19.4 Å². The predicted molar refractivity (Wildman–Crippen MR) is 266 cm³/mol. The fourth-order valence-electron chi connectivity index (χ4n) is 9.29. The first kappa shape index (κ1) is 52.6. The van der Waals surface area contributed by atoms with Gasteiger partial charge in [0.05, 0.1) is 12.0 Å². The van der Waals surface area contributed by atoms with Gasteiger partial charge in [0.2, 0.25) is 11.7 Å². The molecule has 3 heterocycles. The summed E-state index contributed by atoms with van der Waals surface area (Å²) in [6.07, 6.45) is -5.16. The number of carbonyl (C=O) groups is 6. The summed E-state index contributed by atoms with van der Waals surface area (Å²) in [4.78, 5) is 82.5. The summed E-state index contributed by atoms with van der Waals surface area (Å²) in [5.74, 6) is 2.05. The molecule has 6 aromatic rings. The zero-order chi connectivity index (χ0) is 53.2. The third kappa shape index (κ3) is 13.1. The number of nitrogens with one attached hydrogen (secondary N) is 1. The molecule has 8 atom stereocenters. The van der Waals surface area contributed by atoms with Crippen molar-refractivity contribution in [1.82, 2.24) is 15.2 Å². The average Bonchev–Trinajstić information content (AvgIpc) is 3.92. The third-order valence-electron chi connectivity index (χ3n) is 12.5. The van der Waals surface area contributed by atoms with Crippen LogP contribution in [0.4, 0.5) is 10.1 Å². The largest absolute Gasteiger partial charge is 0.489 e. The molecule has 2 fully saturated rings. The number of hydrogen-bond donors (Lipinski definition) is 1. The number of halogens is 1. The Morgan fingerprint density at radius 3 is 2.09 bits per heavy atom. The minimum absolute atomic E-state index is 0.157. The first-order valence-corrected chi connectivity index (χ1v) is 24.1. The van der Waals surface area contributed by atoms with Crippen LogP contribution in [0.5, 0.6) is 5.75 Å². The highest BCUT2D eigenvalue weighted by Crippen LogP contribution is 2.50. The minimum atomic E-state index is -1.38. The van der Waals surface area contributed by atoms with Gasteiger partial charge in [-0.15, -0.1) is 5.10 Å². The molecular formula is C57H53FN4O13. The van der Waals surface area contributed by atoms with Crippen molar-refractivity contribution >= 4 is 41.4 Å². The fourth-order valence-corrected chi connectivity index (χ4v) is 9.29. The molecule has 2 aliphatic heterocycles. The number of amides is 1. The molecule has 1 unspecified atom stereocenters. The van der Waals surface area contributed by atoms with Crippen molar-refractivity contribution in [2.45, 2.75) is 96.7 Å². The summed E-state index contributed by atoms with van der Waals surface area (Å²) >= 11 is 0. The summed E-state index contributed by atoms with van der Waals surface area (Å²) in [7, 11) is 0. The van der Waals surface area contributed by atoms with E-state index in [1.165, 1.54) is 39.2 Å². The molecule has 0 bridgehead atoms. The topological polar surface area (TPSA) is 212 Å². The molecule has 0 spiro atoms. The van der Waals surface area contributed by atoms with Gasteiger partial charge in [0, 0.05) is 51.4 Å². The third-order valence-corrected chi connectivity index (χ3v) is 12.5. The van der Waals surface area contributed by atoms with E-state index in [0.29, 0.717) is 50.6 Å². The van der Waals surface area contributed by atoms with Crippen LogP contribution in [0.25, 0.3) is 11.1 Å². The highest BCUT2D eigenvalue weighted by molar-refractivity contribution is 6.03. The molecule has 1 aromatic heterocycles. The molecule has 8 rings (SSSR count). The summed E-state index contributed by atoms with van der Waals surface area (Å²) in [5, 5.41) is 6.62. The van der Waals surface area contributed by atoms with Crippen LogP contribution in [-0.2, 0) is 63.8 Å². The Morgan fingerprint density at radius 1 is 0.733 bits per heavy atom. The molecule has 2 saturated heterocycles. The van der Waals surface area contributed by atoms with Gasteiger partial charge < -0.3 is 38.1 Å². The van der Waals surface area contributed by atoms with E-state index in [2.05, 4.69) is 27.0 Å². The molecule has 1 amide bonds. The Labute approximate surface area is 431 Å². The van der Waals surface area contributed by atoms with Crippen LogP contribution < -0.4 is 9.64 Å². The Bertz CT molecular complexity index is 3090. The molecule has 1 N–H and O–H groups in total. The molecule has 0 radical (unpaired) electrons. The SMILES string of the molecule is CC(=O)OC[C@H]1OC(c2cccc(-c3ccc([C@@H]4[C@@H](CC[C@H](OC(C)=O)c5ccc(F)cc5)C(=O)N4c4ccc(C#Cc5nc[nH]n5)cc4)c(OCc4ccccc4)c3)c2)[C@H](OC(C)=O)[C@@H](OC(C)=O)[C@@H]1OC(C)=O. The summed E-state index contributed by atoms with van der Waals surface area (Å²) in [6.45, 7) is 5.76. The lowest BCUT2D eigenvalue weighted by Gasteiger charge is -2.48. The molecule has 386 valence electrons. The Balaban J connectivity index is 1.19. The number of carbonyl (C=O) groups excluding carboxylic acids is 6. The van der Waals surface area contributed by atoms with Crippen molar-refractivity contribution in [1.29, 1.82) is 0 Å². The molecule has 5 aromatic carbocycles. The Hall–Kier alpha value is -8.69. The van der Waals surface area contributed by atoms with E-state index in [4.69, 9.17) is 33.2 Å². The van der Waals surface area contributed by atoms with Gasteiger partial charge in [0.15, 0.2) is 18.3 Å². The van der Waals surface area contributed by atoms with Gasteiger partial charge in [-0.05, 0) is 95.1 Å². The standard InChI is InChI=1S/C57H53FN4O13/c1-33(63)69-31-50-54(72-35(3)65)56(74-37(5)67)55(73-36(4)66)53(75-50)43-13-9-12-41(28-43)42-19-24-46(49(29-42)70-30-39-10-7-6-8-11-39)52-47(25-26-48(71-34(2)64)40-17-20-44(58)21-18-40)57(68)62(52)45-22-14-38(15-23-45)16-27-51-59-32-60-61-51/h6-15,17-24,28-29,32,47-48,50,52-56H,25-26,30-31H2,1-5H3,(H,59,60,61)/t47-,48+,50-,52-,53?,54-,55+,56+/m1/s1. The van der Waals surface area contributed by atoms with Crippen molar-refractivity contribution in [3.05, 3.63) is 167 Å². The minimum Gasteiger partial charge on any atom is -0.489 e. The smallest absolute Gasteiger partial charge is 0.303 e. The highest BCUT2D eigenvalue weighted by Gasteiger charge is 2.53. The molecule has 17 nitrogen and oxygen atoms in total. The highest BCUT2D eigenvalue weighted by atomic mass is 19.1. The zero-order valence-electron chi connectivity index (χ0n) is 41.6. The van der Waals surface area contributed by atoms with E-state index >= 15 is 0 Å². The number of nitrogens with zero attached hydrogens (tertiary/aromatic N) is 3. The van der Waals surface area contributed by atoms with E-state index < -0.39 is 90.9 Å². The van der Waals surface area contributed by atoms with E-state index in [-0.39, 0.29) is 25.4 Å². The summed E-state index contributed by atoms with van der Waals surface area (Å²) in [5.41, 5.74) is 5.18. The van der Waals surface area contributed by atoms with Crippen LogP contribution in [0.15, 0.2) is 128 Å². The maximum atomic E-state index is 14.6. The number of hydrogen-bond acceptors (Lipinski definition) is 15. The van der Waals surface area contributed by atoms with Gasteiger partial charge in [0.25, 0.3) is 0 Å². The van der Waals surface area contributed by atoms with Gasteiger partial charge in [-0.25, -0.2) is 9.37 Å². The van der Waals surface area contributed by atoms with Crippen LogP contribution >= 0.6 is 0 Å². The van der Waals surface area contributed by atoms with Gasteiger partial charge in [-0.3, -0.25) is 33.9 Å². The van der Waals surface area contributed by atoms with Crippen LogP contribution in [-0.4, -0.2) is 82.0 Å². The summed E-state index contributed by atoms with van der Waals surface area (Å²) in [6, 6.07) is 34.7. The number of aromatic amines is 1. The monoisotopic (exact) mass is 1020 g/mol. The molecule has 0 aliphatic carbocycles. The maximum absolute atomic E-state index is 14.6. The van der Waals surface area contributed by atoms with Crippen molar-refractivity contribution in [3.8, 4) is 28.7 Å². The van der Waals surface area contributed by atoms with E-state index in [1.807, 2.05) is 54.6 Å². The molecule has 75 heavy (non-hydrogen) atoms. The second-order valence-corrected chi connectivity index (χ2v) is 17.9. The lowest BCUT2D eigenvalue weighted by molar-refractivity contribution is -0.254. The van der Waals surface area contributed by atoms with Crippen LogP contribution in [0.1, 0.15) is 99.4 Å². The fraction of sp³-hybridized carbons (Fsp3) is 0.298. The van der Waals surface area contributed by atoms with Crippen molar-refractivity contribution in [2.75, 3.05) is 11.5 Å². The van der Waals surface area contributed by atoms with Gasteiger partial charge in [-0.1, -0.05) is 78.7 Å². The number of aromatic nitrogens is 3. The second-order valence-electron chi connectivity index (χ2n) is 17.9. The first-order valence-electron chi connectivity index (χ1n) is 24.1. The van der Waals surface area contributed by atoms with Gasteiger partial charge in [0.1, 0.15) is 49.4 Å². The molecule has 18 heteroatoms. The van der Waals surface area contributed by atoms with E-state index in [1.54, 1.807) is 59.5 Å². The van der Waals surface area contributed by atoms with Gasteiger partial charge >= 0.3 is 29.8 Å². The quantitative estimate of drug-likeness (QED) is 0.0395. The summed E-state index contributed by atoms with van der Waals surface area (Å²) < 4.78 is 55.4. The second kappa shape index (κ2) is 23.9. The molecule has 0 saturated carbocycles. The Kier molecular flexibility index (Phi) is 16.8. The number of ether oxygens (including phenoxy) is 7. The number of anilines is 1. The van der Waals surface area contributed by atoms with E-state index in [9.17, 15) is 33.2 Å². The zero-order valence-corrected chi connectivity index (χ0v) is 41.6. The predicted octanol–water partition coefficient (Wildman–Crippen LogP) is 8.18. The molecular weight excluding hydrogens is 968 g/mol. The lowest BCUT2D eigenvalue weighted by Crippen LogP contribution is -2.59. The lowest BCUT2D eigenvalue weighted by atomic mass is 9.77. The van der Waals surface area contributed by atoms with Crippen LogP contribution in [0.2, 0.25) is 0 Å². The number of rotatable bonds is 17. The number of H-pyrrole nitrogens is 1. The first-order chi connectivity index (χ1) is 36.1. The normalized spacial score (nSPS) is 20.3. The number of benzene rings is 5. The number of esters is 5. The van der Waals surface area contributed by atoms with Crippen molar-refractivity contribution in [2.24, 2.45) is 5.92 Å². The number of β-lactam (4-membered cyclic amide) rings is 1. The van der Waals surface area contributed by atoms with Gasteiger partial charge in [-0.2, -0.15) is 0 Å². The molecule has 2 aliphatic rings.